The molecule has 0 atom stereocenters. The van der Waals surface area contributed by atoms with E-state index in [4.69, 9.17) is 0 Å². The van der Waals surface area contributed by atoms with Gasteiger partial charge in [-0.15, -0.1) is 0 Å². The molecule has 0 N–H and O–H groups in total. The molecule has 0 aliphatic carbocycles. The lowest BCUT2D eigenvalue weighted by atomic mass is 10.1. The van der Waals surface area contributed by atoms with E-state index < -0.39 is 0 Å². The molecule has 1 heterocycles. The van der Waals surface area contributed by atoms with Crippen LogP contribution in [0.3, 0.4) is 0 Å². The molecule has 3 heteroatoms. The van der Waals surface area contributed by atoms with Gasteiger partial charge >= 0.3 is 0 Å². The lowest BCUT2D eigenvalue weighted by molar-refractivity contribution is -0.123. The molecule has 1 aliphatic rings. The second-order valence-corrected chi connectivity index (χ2v) is 5.59. The van der Waals surface area contributed by atoms with Gasteiger partial charge in [-0.25, -0.2) is 0 Å². The first-order valence-corrected chi connectivity index (χ1v) is 6.46. The van der Waals surface area contributed by atoms with Crippen LogP contribution in [-0.4, -0.2) is 54.9 Å². The first-order valence-electron chi connectivity index (χ1n) is 6.46. The molecule has 0 aromatic heterocycles. The molecule has 0 saturated carbocycles. The Hall–Kier alpha value is -0.410. The van der Waals surface area contributed by atoms with Gasteiger partial charge in [0.15, 0.2) is 0 Å². The minimum absolute atomic E-state index is 0.175. The summed E-state index contributed by atoms with van der Waals surface area (Å²) in [6.45, 7) is 14.6. The molecule has 1 saturated heterocycles. The van der Waals surface area contributed by atoms with E-state index in [2.05, 4.69) is 23.6 Å². The standard InChI is InChI=1S/C13H26N2O/c1-11(2)9-14-5-7-15(8-6-14)10-13(16)12(3)4/h11-12H,5-10H2,1-4H3. The fourth-order valence-corrected chi connectivity index (χ4v) is 2.05. The van der Waals surface area contributed by atoms with Crippen molar-refractivity contribution in [3.63, 3.8) is 0 Å². The highest BCUT2D eigenvalue weighted by atomic mass is 16.1. The molecule has 0 radical (unpaired) electrons. The normalized spacial score (nSPS) is 19.6. The fourth-order valence-electron chi connectivity index (χ4n) is 2.05. The maximum Gasteiger partial charge on any atom is 0.149 e. The van der Waals surface area contributed by atoms with Crippen molar-refractivity contribution in [1.29, 1.82) is 0 Å². The van der Waals surface area contributed by atoms with Crippen molar-refractivity contribution in [2.24, 2.45) is 11.8 Å². The Morgan fingerprint density at radius 2 is 1.50 bits per heavy atom. The smallest absolute Gasteiger partial charge is 0.149 e. The molecule has 0 amide bonds. The first-order chi connectivity index (χ1) is 7.49. The van der Waals surface area contributed by atoms with E-state index in [1.54, 1.807) is 0 Å². The summed E-state index contributed by atoms with van der Waals surface area (Å²) in [5.41, 5.74) is 0. The zero-order valence-electron chi connectivity index (χ0n) is 11.2. The van der Waals surface area contributed by atoms with Gasteiger partial charge in [0.2, 0.25) is 0 Å². The van der Waals surface area contributed by atoms with Crippen LogP contribution >= 0.6 is 0 Å². The zero-order valence-corrected chi connectivity index (χ0v) is 11.2. The lowest BCUT2D eigenvalue weighted by Gasteiger charge is -2.35. The summed E-state index contributed by atoms with van der Waals surface area (Å²) in [5.74, 6) is 1.29. The van der Waals surface area contributed by atoms with Crippen LogP contribution in [0, 0.1) is 11.8 Å². The van der Waals surface area contributed by atoms with Crippen LogP contribution in [0.25, 0.3) is 0 Å². The van der Waals surface area contributed by atoms with Crippen LogP contribution in [0.15, 0.2) is 0 Å². The number of hydrogen-bond acceptors (Lipinski definition) is 3. The van der Waals surface area contributed by atoms with E-state index in [9.17, 15) is 4.79 Å². The quantitative estimate of drug-likeness (QED) is 0.709. The average molecular weight is 226 g/mol. The molecule has 0 aromatic rings. The fraction of sp³-hybridized carbons (Fsp3) is 0.923. The van der Waals surface area contributed by atoms with E-state index in [1.165, 1.54) is 6.54 Å². The van der Waals surface area contributed by atoms with Crippen LogP contribution in [0.2, 0.25) is 0 Å². The number of piperazine rings is 1. The maximum absolute atomic E-state index is 11.6. The summed E-state index contributed by atoms with van der Waals surface area (Å²) < 4.78 is 0. The van der Waals surface area contributed by atoms with Crippen molar-refractivity contribution in [1.82, 2.24) is 9.80 Å². The molecule has 0 unspecified atom stereocenters. The zero-order chi connectivity index (χ0) is 12.1. The monoisotopic (exact) mass is 226 g/mol. The third-order valence-corrected chi connectivity index (χ3v) is 3.11. The van der Waals surface area contributed by atoms with Crippen molar-refractivity contribution in [3.8, 4) is 0 Å². The molecule has 94 valence electrons. The number of carbonyl (C=O) groups excluding carboxylic acids is 1. The van der Waals surface area contributed by atoms with Crippen molar-refractivity contribution < 1.29 is 4.79 Å². The number of ketones is 1. The lowest BCUT2D eigenvalue weighted by Crippen LogP contribution is -2.49. The maximum atomic E-state index is 11.6. The van der Waals surface area contributed by atoms with Crippen molar-refractivity contribution in [2.75, 3.05) is 39.3 Å². The molecular formula is C13H26N2O. The molecule has 3 nitrogen and oxygen atoms in total. The third-order valence-electron chi connectivity index (χ3n) is 3.11. The highest BCUT2D eigenvalue weighted by Crippen LogP contribution is 2.06. The highest BCUT2D eigenvalue weighted by Gasteiger charge is 2.20. The Labute approximate surface area is 99.8 Å². The number of hydrogen-bond donors (Lipinski definition) is 0. The van der Waals surface area contributed by atoms with E-state index >= 15 is 0 Å². The van der Waals surface area contributed by atoms with Gasteiger partial charge in [0, 0.05) is 38.6 Å². The molecular weight excluding hydrogens is 200 g/mol. The predicted molar refractivity (Wildman–Crippen MR) is 67.6 cm³/mol. The van der Waals surface area contributed by atoms with Crippen molar-refractivity contribution in [3.05, 3.63) is 0 Å². The Morgan fingerprint density at radius 3 is 1.94 bits per heavy atom. The van der Waals surface area contributed by atoms with Gasteiger partial charge in [-0.1, -0.05) is 27.7 Å². The Bertz CT molecular complexity index is 218. The number of Topliss-reactive ketones (excluding diaryl/α,β-unsaturated/α-hetero) is 1. The third kappa shape index (κ3) is 4.62. The highest BCUT2D eigenvalue weighted by molar-refractivity contribution is 5.82. The van der Waals surface area contributed by atoms with Gasteiger partial charge in [0.1, 0.15) is 5.78 Å². The topological polar surface area (TPSA) is 23.6 Å². The van der Waals surface area contributed by atoms with Crippen molar-refractivity contribution >= 4 is 5.78 Å². The van der Waals surface area contributed by atoms with E-state index in [-0.39, 0.29) is 5.92 Å². The number of nitrogens with zero attached hydrogens (tertiary/aromatic N) is 2. The average Bonchev–Trinajstić information content (AvgIpc) is 2.20. The molecule has 1 rings (SSSR count). The van der Waals surface area contributed by atoms with Gasteiger partial charge in [-0.3, -0.25) is 9.69 Å². The van der Waals surface area contributed by atoms with Crippen LogP contribution in [0.5, 0.6) is 0 Å². The first kappa shape index (κ1) is 13.7. The number of carbonyl (C=O) groups is 1. The minimum atomic E-state index is 0.175. The summed E-state index contributed by atoms with van der Waals surface area (Å²) in [7, 11) is 0. The Balaban J connectivity index is 2.24. The molecule has 1 aliphatic heterocycles. The van der Waals surface area contributed by atoms with Crippen molar-refractivity contribution in [2.45, 2.75) is 27.7 Å². The summed E-state index contributed by atoms with van der Waals surface area (Å²) >= 11 is 0. The largest absolute Gasteiger partial charge is 0.301 e. The van der Waals surface area contributed by atoms with Crippen LogP contribution in [0.1, 0.15) is 27.7 Å². The van der Waals surface area contributed by atoms with E-state index in [1.807, 2.05) is 13.8 Å². The summed E-state index contributed by atoms with van der Waals surface area (Å²) in [4.78, 5) is 16.4. The van der Waals surface area contributed by atoms with Gasteiger partial charge in [-0.2, -0.15) is 0 Å². The summed E-state index contributed by atoms with van der Waals surface area (Å²) in [6.07, 6.45) is 0. The van der Waals surface area contributed by atoms with Gasteiger partial charge in [0.05, 0.1) is 6.54 Å². The molecule has 0 spiro atoms. The van der Waals surface area contributed by atoms with Crippen LogP contribution in [0.4, 0.5) is 0 Å². The molecule has 0 aromatic carbocycles. The molecule has 0 bridgehead atoms. The summed E-state index contributed by atoms with van der Waals surface area (Å²) in [5, 5.41) is 0. The molecule has 1 fully saturated rings. The number of rotatable bonds is 5. The van der Waals surface area contributed by atoms with Gasteiger partial charge in [-0.05, 0) is 5.92 Å². The Kier molecular flexibility index (Phi) is 5.42. The molecule has 16 heavy (non-hydrogen) atoms. The van der Waals surface area contributed by atoms with E-state index in [0.717, 1.165) is 32.1 Å². The van der Waals surface area contributed by atoms with Gasteiger partial charge < -0.3 is 4.90 Å². The van der Waals surface area contributed by atoms with Crippen LogP contribution in [-0.2, 0) is 4.79 Å². The SMILES string of the molecule is CC(C)CN1CCN(CC(=O)C(C)C)CC1. The summed E-state index contributed by atoms with van der Waals surface area (Å²) in [6, 6.07) is 0. The second kappa shape index (κ2) is 6.36. The van der Waals surface area contributed by atoms with E-state index in [0.29, 0.717) is 12.3 Å². The predicted octanol–water partition coefficient (Wildman–Crippen LogP) is 1.49. The second-order valence-electron chi connectivity index (χ2n) is 5.59. The minimum Gasteiger partial charge on any atom is -0.301 e. The van der Waals surface area contributed by atoms with Crippen LogP contribution < -0.4 is 0 Å². The Morgan fingerprint density at radius 1 is 1.00 bits per heavy atom. The van der Waals surface area contributed by atoms with Gasteiger partial charge in [0.25, 0.3) is 0 Å².